The minimum atomic E-state index is -0.160. The number of hydrogen-bond acceptors (Lipinski definition) is 2. The Bertz CT molecular complexity index is 391. The molecule has 0 radical (unpaired) electrons. The van der Waals surface area contributed by atoms with E-state index in [0.717, 1.165) is 0 Å². The van der Waals surface area contributed by atoms with Crippen LogP contribution in [0.2, 0.25) is 5.02 Å². The molecule has 2 nitrogen and oxygen atoms in total. The summed E-state index contributed by atoms with van der Waals surface area (Å²) >= 11 is 5.76. The largest absolute Gasteiger partial charge is 0.496 e. The lowest BCUT2D eigenvalue weighted by Crippen LogP contribution is -2.00. The highest BCUT2D eigenvalue weighted by molar-refractivity contribution is 6.31. The molecular formula is C11H9ClO2. The molecule has 0 saturated heterocycles. The molecule has 0 aliphatic carbocycles. The van der Waals surface area contributed by atoms with Crippen molar-refractivity contribution in [3.05, 3.63) is 28.8 Å². The van der Waals surface area contributed by atoms with Gasteiger partial charge >= 0.3 is 0 Å². The second kappa shape index (κ2) is 4.69. The van der Waals surface area contributed by atoms with Crippen molar-refractivity contribution in [3.8, 4) is 18.1 Å². The van der Waals surface area contributed by atoms with Crippen LogP contribution in [0, 0.1) is 12.3 Å². The second-order valence-corrected chi connectivity index (χ2v) is 3.09. The summed E-state index contributed by atoms with van der Waals surface area (Å²) in [5, 5.41) is 0.492. The van der Waals surface area contributed by atoms with E-state index in [2.05, 4.69) is 5.92 Å². The second-order valence-electron chi connectivity index (χ2n) is 2.65. The predicted octanol–water partition coefficient (Wildman–Crippen LogP) is 2.55. The van der Waals surface area contributed by atoms with Crippen molar-refractivity contribution in [1.82, 2.24) is 0 Å². The fourth-order valence-corrected chi connectivity index (χ4v) is 1.26. The first-order valence-corrected chi connectivity index (χ1v) is 4.37. The molecule has 0 heterocycles. The number of Topliss-reactive ketones (excluding diaryl/α,β-unsaturated/α-hetero) is 1. The molecule has 0 unspecified atom stereocenters. The SMILES string of the molecule is C#CCC(=O)c1cc(Cl)ccc1OC. The van der Waals surface area contributed by atoms with E-state index in [1.165, 1.54) is 7.11 Å². The van der Waals surface area contributed by atoms with Crippen LogP contribution in [0.5, 0.6) is 5.75 Å². The van der Waals surface area contributed by atoms with Crippen molar-refractivity contribution in [2.45, 2.75) is 6.42 Å². The predicted molar refractivity (Wildman–Crippen MR) is 55.8 cm³/mol. The Morgan fingerprint density at radius 2 is 2.36 bits per heavy atom. The molecule has 1 aromatic rings. The molecule has 14 heavy (non-hydrogen) atoms. The summed E-state index contributed by atoms with van der Waals surface area (Å²) in [5.74, 6) is 2.62. The van der Waals surface area contributed by atoms with Crippen molar-refractivity contribution >= 4 is 17.4 Å². The van der Waals surface area contributed by atoms with Crippen molar-refractivity contribution in [1.29, 1.82) is 0 Å². The van der Waals surface area contributed by atoms with Gasteiger partial charge < -0.3 is 4.74 Å². The fraction of sp³-hybridized carbons (Fsp3) is 0.182. The molecule has 0 spiro atoms. The smallest absolute Gasteiger partial charge is 0.178 e. The van der Waals surface area contributed by atoms with Crippen LogP contribution in [0.1, 0.15) is 16.8 Å². The summed E-state index contributed by atoms with van der Waals surface area (Å²) < 4.78 is 5.02. The van der Waals surface area contributed by atoms with Gasteiger partial charge in [0.15, 0.2) is 5.78 Å². The lowest BCUT2D eigenvalue weighted by atomic mass is 10.1. The maximum Gasteiger partial charge on any atom is 0.178 e. The molecular weight excluding hydrogens is 200 g/mol. The number of halogens is 1. The highest BCUT2D eigenvalue weighted by Gasteiger charge is 2.11. The molecule has 0 bridgehead atoms. The number of terminal acetylenes is 1. The molecule has 0 atom stereocenters. The van der Waals surface area contributed by atoms with Crippen molar-refractivity contribution in [2.75, 3.05) is 7.11 Å². The Labute approximate surface area is 87.8 Å². The van der Waals surface area contributed by atoms with Gasteiger partial charge in [-0.15, -0.1) is 6.42 Å². The van der Waals surface area contributed by atoms with E-state index in [1.807, 2.05) is 0 Å². The summed E-state index contributed by atoms with van der Waals surface area (Å²) in [6, 6.07) is 4.86. The van der Waals surface area contributed by atoms with E-state index >= 15 is 0 Å². The first-order valence-electron chi connectivity index (χ1n) is 3.99. The molecule has 0 fully saturated rings. The normalized spacial score (nSPS) is 9.21. The average Bonchev–Trinajstić information content (AvgIpc) is 2.18. The zero-order valence-electron chi connectivity index (χ0n) is 7.71. The number of ether oxygens (including phenoxy) is 1. The Kier molecular flexibility index (Phi) is 3.55. The molecule has 0 aromatic heterocycles. The molecule has 1 rings (SSSR count). The van der Waals surface area contributed by atoms with Gasteiger partial charge in [-0.25, -0.2) is 0 Å². The third kappa shape index (κ3) is 2.27. The minimum Gasteiger partial charge on any atom is -0.496 e. The van der Waals surface area contributed by atoms with Crippen LogP contribution < -0.4 is 4.74 Å². The topological polar surface area (TPSA) is 26.3 Å². The Morgan fingerprint density at radius 3 is 2.93 bits per heavy atom. The van der Waals surface area contributed by atoms with Gasteiger partial charge in [-0.2, -0.15) is 0 Å². The minimum absolute atomic E-state index is 0.0523. The molecule has 0 aliphatic heterocycles. The van der Waals surface area contributed by atoms with Gasteiger partial charge in [0, 0.05) is 5.02 Å². The number of carbonyl (C=O) groups is 1. The van der Waals surface area contributed by atoms with E-state index in [1.54, 1.807) is 18.2 Å². The first-order chi connectivity index (χ1) is 6.69. The highest BCUT2D eigenvalue weighted by atomic mass is 35.5. The monoisotopic (exact) mass is 208 g/mol. The molecule has 72 valence electrons. The fourth-order valence-electron chi connectivity index (χ4n) is 1.09. The number of rotatable bonds is 3. The number of ketones is 1. The van der Waals surface area contributed by atoms with Crippen molar-refractivity contribution in [3.63, 3.8) is 0 Å². The third-order valence-electron chi connectivity index (χ3n) is 1.72. The summed E-state index contributed by atoms with van der Waals surface area (Å²) in [7, 11) is 1.50. The molecule has 0 aliphatic rings. The van der Waals surface area contributed by atoms with E-state index in [9.17, 15) is 4.79 Å². The maximum atomic E-state index is 11.5. The third-order valence-corrected chi connectivity index (χ3v) is 1.96. The van der Waals surface area contributed by atoms with E-state index in [0.29, 0.717) is 16.3 Å². The first kappa shape index (κ1) is 10.6. The zero-order valence-corrected chi connectivity index (χ0v) is 8.47. The number of benzene rings is 1. The van der Waals surface area contributed by atoms with Gasteiger partial charge in [-0.05, 0) is 18.2 Å². The Balaban J connectivity index is 3.11. The van der Waals surface area contributed by atoms with E-state index < -0.39 is 0 Å². The molecule has 0 saturated carbocycles. The van der Waals surface area contributed by atoms with Gasteiger partial charge in [0.25, 0.3) is 0 Å². The lowest BCUT2D eigenvalue weighted by Gasteiger charge is -2.05. The zero-order chi connectivity index (χ0) is 10.6. The standard InChI is InChI=1S/C11H9ClO2/c1-3-4-10(13)9-7-8(12)5-6-11(9)14-2/h1,5-7H,4H2,2H3. The Morgan fingerprint density at radius 1 is 1.64 bits per heavy atom. The van der Waals surface area contributed by atoms with Crippen LogP contribution in [-0.4, -0.2) is 12.9 Å². The number of hydrogen-bond donors (Lipinski definition) is 0. The van der Waals surface area contributed by atoms with E-state index in [-0.39, 0.29) is 12.2 Å². The van der Waals surface area contributed by atoms with Crippen molar-refractivity contribution < 1.29 is 9.53 Å². The van der Waals surface area contributed by atoms with Crippen molar-refractivity contribution in [2.24, 2.45) is 0 Å². The van der Waals surface area contributed by atoms with Crippen LogP contribution in [-0.2, 0) is 0 Å². The average molecular weight is 209 g/mol. The van der Waals surface area contributed by atoms with Gasteiger partial charge in [0.1, 0.15) is 5.75 Å². The van der Waals surface area contributed by atoms with Crippen LogP contribution in [0.25, 0.3) is 0 Å². The molecule has 0 N–H and O–H groups in total. The van der Waals surface area contributed by atoms with E-state index in [4.69, 9.17) is 22.8 Å². The highest BCUT2D eigenvalue weighted by Crippen LogP contribution is 2.23. The molecule has 0 amide bonds. The summed E-state index contributed by atoms with van der Waals surface area (Å²) in [4.78, 5) is 11.5. The van der Waals surface area contributed by atoms with Crippen LogP contribution >= 0.6 is 11.6 Å². The maximum absolute atomic E-state index is 11.5. The summed E-state index contributed by atoms with van der Waals surface area (Å²) in [5.41, 5.74) is 0.429. The van der Waals surface area contributed by atoms with Gasteiger partial charge in [-0.3, -0.25) is 4.79 Å². The number of methoxy groups -OCH3 is 1. The molecule has 1 aromatic carbocycles. The van der Waals surface area contributed by atoms with Gasteiger partial charge in [0.2, 0.25) is 0 Å². The van der Waals surface area contributed by atoms with Gasteiger partial charge in [-0.1, -0.05) is 17.5 Å². The van der Waals surface area contributed by atoms with Crippen LogP contribution in [0.3, 0.4) is 0 Å². The van der Waals surface area contributed by atoms with Crippen LogP contribution in [0.4, 0.5) is 0 Å². The lowest BCUT2D eigenvalue weighted by molar-refractivity contribution is 0.0995. The summed E-state index contributed by atoms with van der Waals surface area (Å²) in [6.07, 6.45) is 5.10. The molecule has 3 heteroatoms. The van der Waals surface area contributed by atoms with Crippen LogP contribution in [0.15, 0.2) is 18.2 Å². The Hall–Kier alpha value is -1.46. The quantitative estimate of drug-likeness (QED) is 0.564. The number of carbonyl (C=O) groups excluding carboxylic acids is 1. The summed E-state index contributed by atoms with van der Waals surface area (Å²) in [6.45, 7) is 0. The van der Waals surface area contributed by atoms with Gasteiger partial charge in [0.05, 0.1) is 19.1 Å².